The summed E-state index contributed by atoms with van der Waals surface area (Å²) in [6.45, 7) is 6.96. The van der Waals surface area contributed by atoms with E-state index in [1.807, 2.05) is 0 Å². The highest BCUT2D eigenvalue weighted by Gasteiger charge is 2.32. The Balaban J connectivity index is 1.98. The molecule has 2 nitrogen and oxygen atoms in total. The van der Waals surface area contributed by atoms with Gasteiger partial charge >= 0.3 is 0 Å². The molecule has 0 amide bonds. The zero-order chi connectivity index (χ0) is 12.3. The first-order chi connectivity index (χ1) is 8.22. The van der Waals surface area contributed by atoms with Crippen molar-refractivity contribution < 1.29 is 0 Å². The number of hydrogen-bond donors (Lipinski definition) is 1. The lowest BCUT2D eigenvalue weighted by molar-refractivity contribution is 0.0547. The molecule has 17 heavy (non-hydrogen) atoms. The number of likely N-dealkylation sites (tertiary alicyclic amines) is 1. The predicted octanol–water partition coefficient (Wildman–Crippen LogP) is 3.01. The van der Waals surface area contributed by atoms with E-state index in [9.17, 15) is 0 Å². The minimum absolute atomic E-state index is 0.655. The Morgan fingerprint density at radius 1 is 1.00 bits per heavy atom. The molecule has 0 radical (unpaired) electrons. The van der Waals surface area contributed by atoms with Gasteiger partial charge in [-0.3, -0.25) is 4.90 Å². The summed E-state index contributed by atoms with van der Waals surface area (Å²) < 4.78 is 0. The van der Waals surface area contributed by atoms with Crippen molar-refractivity contribution in [3.8, 4) is 0 Å². The second kappa shape index (κ2) is 6.19. The third kappa shape index (κ3) is 3.23. The third-order valence-corrected chi connectivity index (χ3v) is 5.10. The molecular formula is C15H30N2. The molecule has 2 heteroatoms. The average molecular weight is 238 g/mol. The molecule has 1 saturated heterocycles. The Labute approximate surface area is 107 Å². The lowest BCUT2D eigenvalue weighted by Gasteiger charge is -2.44. The van der Waals surface area contributed by atoms with Gasteiger partial charge in [-0.15, -0.1) is 0 Å². The van der Waals surface area contributed by atoms with Crippen LogP contribution in [0.25, 0.3) is 0 Å². The monoisotopic (exact) mass is 238 g/mol. The van der Waals surface area contributed by atoms with Gasteiger partial charge in [-0.1, -0.05) is 26.7 Å². The molecule has 2 rings (SSSR count). The summed E-state index contributed by atoms with van der Waals surface area (Å²) in [5, 5.41) is 0. The maximum atomic E-state index is 6.02. The fourth-order valence-corrected chi connectivity index (χ4v) is 3.90. The minimum Gasteiger partial charge on any atom is -0.329 e. The standard InChI is InChI=1S/C15H30N2/c1-12-5-3-7-14(9-8-12)17-10-4-6-13(2)15(17)11-16/h12-15H,3-11,16H2,1-2H3. The summed E-state index contributed by atoms with van der Waals surface area (Å²) in [4.78, 5) is 2.77. The maximum absolute atomic E-state index is 6.02. The van der Waals surface area contributed by atoms with Gasteiger partial charge in [0.2, 0.25) is 0 Å². The number of rotatable bonds is 2. The second-order valence-electron chi connectivity index (χ2n) is 6.43. The van der Waals surface area contributed by atoms with E-state index in [2.05, 4.69) is 18.7 Å². The van der Waals surface area contributed by atoms with Crippen molar-refractivity contribution in [1.29, 1.82) is 0 Å². The largest absolute Gasteiger partial charge is 0.329 e. The van der Waals surface area contributed by atoms with E-state index in [0.717, 1.165) is 24.4 Å². The summed E-state index contributed by atoms with van der Waals surface area (Å²) in [5.74, 6) is 1.74. The molecule has 0 aromatic carbocycles. The zero-order valence-electron chi connectivity index (χ0n) is 11.7. The van der Waals surface area contributed by atoms with Crippen molar-refractivity contribution in [2.24, 2.45) is 17.6 Å². The highest BCUT2D eigenvalue weighted by molar-refractivity contribution is 4.88. The van der Waals surface area contributed by atoms with Gasteiger partial charge in [-0.25, -0.2) is 0 Å². The topological polar surface area (TPSA) is 29.3 Å². The summed E-state index contributed by atoms with van der Waals surface area (Å²) in [6.07, 6.45) is 9.86. The Hall–Kier alpha value is -0.0800. The quantitative estimate of drug-likeness (QED) is 0.749. The SMILES string of the molecule is CC1CCCC(N2CCCC(C)C2CN)CC1. The Morgan fingerprint density at radius 2 is 1.82 bits per heavy atom. The van der Waals surface area contributed by atoms with Crippen molar-refractivity contribution >= 4 is 0 Å². The maximum Gasteiger partial charge on any atom is 0.0246 e. The molecule has 0 aromatic heterocycles. The van der Waals surface area contributed by atoms with Crippen LogP contribution in [0.3, 0.4) is 0 Å². The van der Waals surface area contributed by atoms with E-state index >= 15 is 0 Å². The highest BCUT2D eigenvalue weighted by Crippen LogP contribution is 2.31. The van der Waals surface area contributed by atoms with Crippen LogP contribution in [0.2, 0.25) is 0 Å². The van der Waals surface area contributed by atoms with Gasteiger partial charge in [0.05, 0.1) is 0 Å². The van der Waals surface area contributed by atoms with Crippen LogP contribution in [0.4, 0.5) is 0 Å². The van der Waals surface area contributed by atoms with Crippen LogP contribution in [0.1, 0.15) is 58.8 Å². The van der Waals surface area contributed by atoms with Crippen LogP contribution in [-0.2, 0) is 0 Å². The fraction of sp³-hybridized carbons (Fsp3) is 1.00. The fourth-order valence-electron chi connectivity index (χ4n) is 3.90. The molecule has 2 aliphatic rings. The van der Waals surface area contributed by atoms with E-state index in [-0.39, 0.29) is 0 Å². The molecule has 2 N–H and O–H groups in total. The van der Waals surface area contributed by atoms with Crippen LogP contribution in [0.5, 0.6) is 0 Å². The van der Waals surface area contributed by atoms with Gasteiger partial charge in [0.25, 0.3) is 0 Å². The van der Waals surface area contributed by atoms with Crippen molar-refractivity contribution in [2.45, 2.75) is 70.9 Å². The number of nitrogens with two attached hydrogens (primary N) is 1. The lowest BCUT2D eigenvalue weighted by Crippen LogP contribution is -2.53. The summed E-state index contributed by atoms with van der Waals surface area (Å²) >= 11 is 0. The van der Waals surface area contributed by atoms with Gasteiger partial charge < -0.3 is 5.73 Å². The van der Waals surface area contributed by atoms with Crippen LogP contribution in [0, 0.1) is 11.8 Å². The molecule has 2 fully saturated rings. The Kier molecular flexibility index (Phi) is 4.87. The first-order valence-electron chi connectivity index (χ1n) is 7.68. The van der Waals surface area contributed by atoms with E-state index in [0.29, 0.717) is 6.04 Å². The predicted molar refractivity (Wildman–Crippen MR) is 74.0 cm³/mol. The Bertz CT molecular complexity index is 229. The third-order valence-electron chi connectivity index (χ3n) is 5.10. The molecule has 4 unspecified atom stereocenters. The zero-order valence-corrected chi connectivity index (χ0v) is 11.7. The van der Waals surface area contributed by atoms with E-state index < -0.39 is 0 Å². The Morgan fingerprint density at radius 3 is 2.59 bits per heavy atom. The van der Waals surface area contributed by atoms with Gasteiger partial charge in [0.1, 0.15) is 0 Å². The van der Waals surface area contributed by atoms with Gasteiger partial charge in [0.15, 0.2) is 0 Å². The molecule has 0 bridgehead atoms. The lowest BCUT2D eigenvalue weighted by atomic mass is 9.88. The van der Waals surface area contributed by atoms with E-state index in [4.69, 9.17) is 5.73 Å². The highest BCUT2D eigenvalue weighted by atomic mass is 15.2. The summed E-state index contributed by atoms with van der Waals surface area (Å²) in [5.41, 5.74) is 6.02. The molecular weight excluding hydrogens is 208 g/mol. The van der Waals surface area contributed by atoms with Crippen LogP contribution in [-0.4, -0.2) is 30.1 Å². The first kappa shape index (κ1) is 13.4. The summed E-state index contributed by atoms with van der Waals surface area (Å²) in [6, 6.07) is 1.48. The average Bonchev–Trinajstić information content (AvgIpc) is 2.54. The molecule has 4 atom stereocenters. The molecule has 1 heterocycles. The molecule has 1 saturated carbocycles. The smallest absolute Gasteiger partial charge is 0.0246 e. The first-order valence-corrected chi connectivity index (χ1v) is 7.68. The number of nitrogens with zero attached hydrogens (tertiary/aromatic N) is 1. The van der Waals surface area contributed by atoms with E-state index in [1.165, 1.54) is 51.5 Å². The second-order valence-corrected chi connectivity index (χ2v) is 6.43. The van der Waals surface area contributed by atoms with Gasteiger partial charge in [0, 0.05) is 18.6 Å². The van der Waals surface area contributed by atoms with Crippen molar-refractivity contribution in [1.82, 2.24) is 4.90 Å². The number of hydrogen-bond acceptors (Lipinski definition) is 2. The molecule has 0 spiro atoms. The van der Waals surface area contributed by atoms with E-state index in [1.54, 1.807) is 0 Å². The normalized spacial score (nSPS) is 41.1. The number of piperidine rings is 1. The van der Waals surface area contributed by atoms with Gasteiger partial charge in [-0.2, -0.15) is 0 Å². The van der Waals surface area contributed by atoms with Gasteiger partial charge in [-0.05, 0) is 50.5 Å². The molecule has 0 aromatic rings. The van der Waals surface area contributed by atoms with Crippen molar-refractivity contribution in [3.05, 3.63) is 0 Å². The van der Waals surface area contributed by atoms with Crippen LogP contribution >= 0.6 is 0 Å². The molecule has 1 aliphatic heterocycles. The molecule has 100 valence electrons. The van der Waals surface area contributed by atoms with Crippen molar-refractivity contribution in [3.63, 3.8) is 0 Å². The van der Waals surface area contributed by atoms with Crippen LogP contribution in [0.15, 0.2) is 0 Å². The minimum atomic E-state index is 0.655. The van der Waals surface area contributed by atoms with Crippen molar-refractivity contribution in [2.75, 3.05) is 13.1 Å². The van der Waals surface area contributed by atoms with Crippen LogP contribution < -0.4 is 5.73 Å². The summed E-state index contributed by atoms with van der Waals surface area (Å²) in [7, 11) is 0. The molecule has 1 aliphatic carbocycles.